The number of nitrogens with zero attached hydrogens (tertiary/aromatic N) is 1. The van der Waals surface area contributed by atoms with Crippen LogP contribution in [0.25, 0.3) is 0 Å². The SMILES string of the molecule is COc1cc(OC)cc(C(=O)NN=C(C)CC(=O)Nc2ccc(C)c(Cl)c2)c1. The molecule has 0 aromatic heterocycles. The van der Waals surface area contributed by atoms with Gasteiger partial charge in [-0.2, -0.15) is 5.10 Å². The third-order valence-electron chi connectivity index (χ3n) is 3.83. The van der Waals surface area contributed by atoms with Crippen molar-refractivity contribution < 1.29 is 19.1 Å². The van der Waals surface area contributed by atoms with Crippen molar-refractivity contribution in [1.29, 1.82) is 0 Å². The molecule has 2 amide bonds. The van der Waals surface area contributed by atoms with Crippen molar-refractivity contribution in [2.45, 2.75) is 20.3 Å². The first-order chi connectivity index (χ1) is 13.3. The van der Waals surface area contributed by atoms with Gasteiger partial charge in [0.05, 0.1) is 20.6 Å². The number of carbonyl (C=O) groups is 2. The van der Waals surface area contributed by atoms with E-state index in [9.17, 15) is 9.59 Å². The summed E-state index contributed by atoms with van der Waals surface area (Å²) in [4.78, 5) is 24.4. The van der Waals surface area contributed by atoms with Gasteiger partial charge in [-0.05, 0) is 43.7 Å². The number of amides is 2. The molecule has 7 nitrogen and oxygen atoms in total. The van der Waals surface area contributed by atoms with Crippen molar-refractivity contribution in [1.82, 2.24) is 5.43 Å². The molecule has 2 rings (SSSR count). The first kappa shape index (κ1) is 21.2. The van der Waals surface area contributed by atoms with Crippen LogP contribution in [0, 0.1) is 6.92 Å². The van der Waals surface area contributed by atoms with E-state index in [1.54, 1.807) is 37.3 Å². The molecule has 2 aromatic carbocycles. The minimum atomic E-state index is -0.442. The van der Waals surface area contributed by atoms with Crippen molar-refractivity contribution >= 4 is 34.8 Å². The molecule has 2 aromatic rings. The van der Waals surface area contributed by atoms with Gasteiger partial charge in [-0.3, -0.25) is 9.59 Å². The van der Waals surface area contributed by atoms with Crippen molar-refractivity contribution in [2.24, 2.45) is 5.10 Å². The molecule has 0 heterocycles. The van der Waals surface area contributed by atoms with Gasteiger partial charge in [0.25, 0.3) is 5.91 Å². The second kappa shape index (κ2) is 9.75. The summed E-state index contributed by atoms with van der Waals surface area (Å²) in [7, 11) is 3.00. The number of ether oxygens (including phenoxy) is 2. The molecular formula is C20H22ClN3O4. The van der Waals surface area contributed by atoms with E-state index in [0.717, 1.165) is 5.56 Å². The van der Waals surface area contributed by atoms with Crippen LogP contribution in [0.4, 0.5) is 5.69 Å². The third-order valence-corrected chi connectivity index (χ3v) is 4.24. The molecule has 0 saturated carbocycles. The summed E-state index contributed by atoms with van der Waals surface area (Å²) in [6, 6.07) is 10.1. The number of carbonyl (C=O) groups excluding carboxylic acids is 2. The number of benzene rings is 2. The molecule has 2 N–H and O–H groups in total. The Balaban J connectivity index is 1.97. The largest absolute Gasteiger partial charge is 0.497 e. The normalized spacial score (nSPS) is 11.0. The topological polar surface area (TPSA) is 89.0 Å². The molecule has 8 heteroatoms. The minimum absolute atomic E-state index is 0.0210. The highest BCUT2D eigenvalue weighted by molar-refractivity contribution is 6.31. The molecule has 28 heavy (non-hydrogen) atoms. The fourth-order valence-electron chi connectivity index (χ4n) is 2.30. The number of methoxy groups -OCH3 is 2. The summed E-state index contributed by atoms with van der Waals surface area (Å²) in [6.45, 7) is 3.53. The van der Waals surface area contributed by atoms with Crippen LogP contribution in [0.3, 0.4) is 0 Å². The van der Waals surface area contributed by atoms with Crippen molar-refractivity contribution in [3.05, 3.63) is 52.5 Å². The van der Waals surface area contributed by atoms with Gasteiger partial charge in [0.15, 0.2) is 0 Å². The lowest BCUT2D eigenvalue weighted by Crippen LogP contribution is -2.21. The van der Waals surface area contributed by atoms with Crippen LogP contribution >= 0.6 is 11.6 Å². The minimum Gasteiger partial charge on any atom is -0.497 e. The van der Waals surface area contributed by atoms with Gasteiger partial charge in [-0.1, -0.05) is 17.7 Å². The molecule has 0 aliphatic carbocycles. The van der Waals surface area contributed by atoms with Gasteiger partial charge in [0.2, 0.25) is 5.91 Å². The summed E-state index contributed by atoms with van der Waals surface area (Å²) < 4.78 is 10.3. The van der Waals surface area contributed by atoms with Gasteiger partial charge in [0, 0.05) is 28.1 Å². The maximum Gasteiger partial charge on any atom is 0.271 e. The van der Waals surface area contributed by atoms with E-state index in [2.05, 4.69) is 15.8 Å². The summed E-state index contributed by atoms with van der Waals surface area (Å²) in [5.41, 5.74) is 4.72. The highest BCUT2D eigenvalue weighted by Gasteiger charge is 2.10. The number of nitrogens with one attached hydrogen (secondary N) is 2. The Morgan fingerprint density at radius 2 is 1.71 bits per heavy atom. The Hall–Kier alpha value is -3.06. The van der Waals surface area contributed by atoms with Crippen LogP contribution in [-0.4, -0.2) is 31.7 Å². The zero-order valence-corrected chi connectivity index (χ0v) is 16.9. The summed E-state index contributed by atoms with van der Waals surface area (Å²) >= 11 is 6.05. The van der Waals surface area contributed by atoms with E-state index in [-0.39, 0.29) is 12.3 Å². The van der Waals surface area contributed by atoms with Crippen molar-refractivity contribution in [2.75, 3.05) is 19.5 Å². The van der Waals surface area contributed by atoms with E-state index >= 15 is 0 Å². The maximum absolute atomic E-state index is 12.3. The van der Waals surface area contributed by atoms with Crippen LogP contribution in [0.15, 0.2) is 41.5 Å². The van der Waals surface area contributed by atoms with Gasteiger partial charge in [-0.15, -0.1) is 0 Å². The van der Waals surface area contributed by atoms with E-state index < -0.39 is 5.91 Å². The van der Waals surface area contributed by atoms with Crippen LogP contribution < -0.4 is 20.2 Å². The lowest BCUT2D eigenvalue weighted by molar-refractivity contribution is -0.115. The molecule has 0 spiro atoms. The van der Waals surface area contributed by atoms with Crippen LogP contribution in [-0.2, 0) is 4.79 Å². The van der Waals surface area contributed by atoms with Gasteiger partial charge in [-0.25, -0.2) is 5.43 Å². The van der Waals surface area contributed by atoms with Gasteiger partial charge >= 0.3 is 0 Å². The molecule has 0 saturated heterocycles. The first-order valence-electron chi connectivity index (χ1n) is 8.45. The number of rotatable bonds is 7. The molecule has 0 bridgehead atoms. The van der Waals surface area contributed by atoms with Crippen molar-refractivity contribution in [3.63, 3.8) is 0 Å². The smallest absolute Gasteiger partial charge is 0.271 e. The Morgan fingerprint density at radius 3 is 2.29 bits per heavy atom. The average Bonchev–Trinajstić information content (AvgIpc) is 2.68. The van der Waals surface area contributed by atoms with E-state index in [1.807, 2.05) is 13.0 Å². The lowest BCUT2D eigenvalue weighted by atomic mass is 10.2. The lowest BCUT2D eigenvalue weighted by Gasteiger charge is -2.08. The zero-order chi connectivity index (χ0) is 20.7. The molecule has 0 radical (unpaired) electrons. The Morgan fingerprint density at radius 1 is 1.07 bits per heavy atom. The van der Waals surface area contributed by atoms with E-state index in [1.165, 1.54) is 14.2 Å². The number of hydrazone groups is 1. The molecule has 0 fully saturated rings. The highest BCUT2D eigenvalue weighted by atomic mass is 35.5. The number of aryl methyl sites for hydroxylation is 1. The fraction of sp³-hybridized carbons (Fsp3) is 0.250. The second-order valence-electron chi connectivity index (χ2n) is 6.08. The summed E-state index contributed by atoms with van der Waals surface area (Å²) in [5, 5.41) is 7.29. The molecule has 0 atom stereocenters. The predicted octanol–water partition coefficient (Wildman–Crippen LogP) is 3.80. The van der Waals surface area contributed by atoms with E-state index in [0.29, 0.717) is 33.5 Å². The Kier molecular flexibility index (Phi) is 7.40. The number of anilines is 1. The Labute approximate surface area is 168 Å². The third kappa shape index (κ3) is 5.99. The van der Waals surface area contributed by atoms with Crippen LogP contribution in [0.2, 0.25) is 5.02 Å². The fourth-order valence-corrected chi connectivity index (χ4v) is 2.48. The highest BCUT2D eigenvalue weighted by Crippen LogP contribution is 2.22. The van der Waals surface area contributed by atoms with Crippen molar-refractivity contribution in [3.8, 4) is 11.5 Å². The Bertz CT molecular complexity index is 890. The van der Waals surface area contributed by atoms with E-state index in [4.69, 9.17) is 21.1 Å². The first-order valence-corrected chi connectivity index (χ1v) is 8.82. The van der Waals surface area contributed by atoms with Crippen LogP contribution in [0.5, 0.6) is 11.5 Å². The molecule has 0 unspecified atom stereocenters. The molecule has 0 aliphatic heterocycles. The molecule has 0 aliphatic rings. The number of halogens is 1. The standard InChI is InChI=1S/C20H22ClN3O4/c1-12-5-6-15(10-18(12)21)22-19(25)7-13(2)23-24-20(26)14-8-16(27-3)11-17(9-14)28-4/h5-6,8-11H,7H2,1-4H3,(H,22,25)(H,24,26). The summed E-state index contributed by atoms with van der Waals surface area (Å²) in [5.74, 6) is 0.267. The monoisotopic (exact) mass is 403 g/mol. The number of hydrogen-bond donors (Lipinski definition) is 2. The molecular weight excluding hydrogens is 382 g/mol. The zero-order valence-electron chi connectivity index (χ0n) is 16.1. The number of hydrogen-bond acceptors (Lipinski definition) is 5. The predicted molar refractivity (Wildman–Crippen MR) is 110 cm³/mol. The second-order valence-corrected chi connectivity index (χ2v) is 6.49. The van der Waals surface area contributed by atoms with Gasteiger partial charge in [0.1, 0.15) is 11.5 Å². The van der Waals surface area contributed by atoms with Crippen LogP contribution in [0.1, 0.15) is 29.3 Å². The molecule has 148 valence electrons. The summed E-state index contributed by atoms with van der Waals surface area (Å²) in [6.07, 6.45) is 0.0210. The quantitative estimate of drug-likeness (QED) is 0.543. The maximum atomic E-state index is 12.3. The van der Waals surface area contributed by atoms with Gasteiger partial charge < -0.3 is 14.8 Å². The average molecular weight is 404 g/mol.